The smallest absolute Gasteiger partial charge is 0.148 e. The summed E-state index contributed by atoms with van der Waals surface area (Å²) in [5, 5.41) is 3.04. The van der Waals surface area contributed by atoms with Crippen LogP contribution in [0.2, 0.25) is 0 Å². The van der Waals surface area contributed by atoms with Crippen LogP contribution < -0.4 is 10.1 Å². The van der Waals surface area contributed by atoms with E-state index in [4.69, 9.17) is 4.74 Å². The Labute approximate surface area is 122 Å². The predicted octanol–water partition coefficient (Wildman–Crippen LogP) is 2.00. The minimum absolute atomic E-state index is 0.145. The van der Waals surface area contributed by atoms with Gasteiger partial charge in [0, 0.05) is 19.3 Å². The summed E-state index contributed by atoms with van der Waals surface area (Å²) in [6.07, 6.45) is 1.24. The second kappa shape index (κ2) is 7.09. The van der Waals surface area contributed by atoms with E-state index in [1.807, 2.05) is 12.1 Å². The molecule has 0 unspecified atom stereocenters. The lowest BCUT2D eigenvalue weighted by atomic mass is 9.87. The molecule has 0 amide bonds. The summed E-state index contributed by atoms with van der Waals surface area (Å²) < 4.78 is 27.4. The molecule has 1 N–H and O–H groups in total. The summed E-state index contributed by atoms with van der Waals surface area (Å²) in [4.78, 5) is 0. The van der Waals surface area contributed by atoms with Crippen molar-refractivity contribution in [3.05, 3.63) is 29.8 Å². The van der Waals surface area contributed by atoms with Crippen molar-refractivity contribution in [1.29, 1.82) is 0 Å². The second-order valence-electron chi connectivity index (χ2n) is 6.00. The summed E-state index contributed by atoms with van der Waals surface area (Å²) in [6, 6.07) is 8.09. The maximum Gasteiger partial charge on any atom is 0.148 e. The Morgan fingerprint density at radius 2 is 1.70 bits per heavy atom. The lowest BCUT2D eigenvalue weighted by molar-refractivity contribution is 0.315. The average Bonchev–Trinajstić information content (AvgIpc) is 2.32. The Balaban J connectivity index is 2.26. The zero-order valence-corrected chi connectivity index (χ0v) is 13.6. The van der Waals surface area contributed by atoms with E-state index in [2.05, 4.69) is 38.2 Å². The van der Waals surface area contributed by atoms with Gasteiger partial charge in [-0.2, -0.15) is 0 Å². The molecular formula is C15H25NO3S. The first-order valence-corrected chi connectivity index (χ1v) is 8.86. The highest BCUT2D eigenvalue weighted by molar-refractivity contribution is 7.90. The number of ether oxygens (including phenoxy) is 1. The van der Waals surface area contributed by atoms with E-state index in [9.17, 15) is 8.42 Å². The molecule has 4 nitrogen and oxygen atoms in total. The van der Waals surface area contributed by atoms with Crippen LogP contribution in [0.4, 0.5) is 0 Å². The van der Waals surface area contributed by atoms with Gasteiger partial charge in [-0.3, -0.25) is 0 Å². The molecule has 0 aliphatic rings. The first kappa shape index (κ1) is 17.0. The summed E-state index contributed by atoms with van der Waals surface area (Å²) in [6.45, 7) is 8.15. The highest BCUT2D eigenvalue weighted by Gasteiger charge is 2.12. The van der Waals surface area contributed by atoms with Crippen molar-refractivity contribution in [2.24, 2.45) is 0 Å². The van der Waals surface area contributed by atoms with Crippen molar-refractivity contribution in [1.82, 2.24) is 5.32 Å². The minimum atomic E-state index is -2.89. The molecule has 20 heavy (non-hydrogen) atoms. The topological polar surface area (TPSA) is 55.4 Å². The maximum absolute atomic E-state index is 10.9. The van der Waals surface area contributed by atoms with E-state index in [0.29, 0.717) is 19.7 Å². The molecule has 0 saturated heterocycles. The molecule has 1 rings (SSSR count). The van der Waals surface area contributed by atoms with Gasteiger partial charge in [0.25, 0.3) is 0 Å². The van der Waals surface area contributed by atoms with E-state index < -0.39 is 9.84 Å². The highest BCUT2D eigenvalue weighted by Crippen LogP contribution is 2.24. The SMILES string of the molecule is CC(C)(C)c1ccc(OCCNCCS(C)(=O)=O)cc1. The zero-order chi connectivity index (χ0) is 15.2. The fourth-order valence-corrected chi connectivity index (χ4v) is 2.19. The van der Waals surface area contributed by atoms with Crippen molar-refractivity contribution >= 4 is 9.84 Å². The molecule has 0 heterocycles. The second-order valence-corrected chi connectivity index (χ2v) is 8.26. The van der Waals surface area contributed by atoms with E-state index in [-0.39, 0.29) is 11.2 Å². The third-order valence-electron chi connectivity index (χ3n) is 2.92. The monoisotopic (exact) mass is 299 g/mol. The van der Waals surface area contributed by atoms with Crippen LogP contribution in [0.25, 0.3) is 0 Å². The summed E-state index contributed by atoms with van der Waals surface area (Å²) in [5.41, 5.74) is 1.42. The third-order valence-corrected chi connectivity index (χ3v) is 3.86. The first-order chi connectivity index (χ1) is 9.18. The van der Waals surface area contributed by atoms with E-state index >= 15 is 0 Å². The van der Waals surface area contributed by atoms with Crippen LogP contribution in [0.5, 0.6) is 5.75 Å². The summed E-state index contributed by atoms with van der Waals surface area (Å²) >= 11 is 0. The summed E-state index contributed by atoms with van der Waals surface area (Å²) in [7, 11) is -2.89. The molecule has 0 radical (unpaired) electrons. The number of sulfone groups is 1. The van der Waals surface area contributed by atoms with Crippen LogP contribution in [-0.2, 0) is 15.3 Å². The van der Waals surface area contributed by atoms with Crippen molar-refractivity contribution < 1.29 is 13.2 Å². The Hall–Kier alpha value is -1.07. The first-order valence-electron chi connectivity index (χ1n) is 6.80. The molecule has 0 aromatic heterocycles. The van der Waals surface area contributed by atoms with Crippen molar-refractivity contribution in [2.75, 3.05) is 31.7 Å². The number of nitrogens with one attached hydrogen (secondary N) is 1. The van der Waals surface area contributed by atoms with Crippen molar-refractivity contribution in [2.45, 2.75) is 26.2 Å². The van der Waals surface area contributed by atoms with Gasteiger partial charge in [0.1, 0.15) is 22.2 Å². The van der Waals surface area contributed by atoms with Gasteiger partial charge in [-0.15, -0.1) is 0 Å². The van der Waals surface area contributed by atoms with Crippen LogP contribution in [-0.4, -0.2) is 40.1 Å². The molecule has 0 aliphatic heterocycles. The molecule has 0 aliphatic carbocycles. The Kier molecular flexibility index (Phi) is 6.02. The molecule has 5 heteroatoms. The van der Waals surface area contributed by atoms with E-state index in [1.165, 1.54) is 11.8 Å². The van der Waals surface area contributed by atoms with Gasteiger partial charge in [-0.05, 0) is 23.1 Å². The Morgan fingerprint density at radius 3 is 2.20 bits per heavy atom. The molecule has 0 spiro atoms. The number of hydrogen-bond acceptors (Lipinski definition) is 4. The Bertz CT molecular complexity index is 501. The predicted molar refractivity (Wildman–Crippen MR) is 83.2 cm³/mol. The molecule has 0 fully saturated rings. The van der Waals surface area contributed by atoms with Crippen LogP contribution >= 0.6 is 0 Å². The Morgan fingerprint density at radius 1 is 1.10 bits per heavy atom. The van der Waals surface area contributed by atoms with Gasteiger partial charge in [-0.25, -0.2) is 8.42 Å². The van der Waals surface area contributed by atoms with Gasteiger partial charge in [0.2, 0.25) is 0 Å². The maximum atomic E-state index is 10.9. The van der Waals surface area contributed by atoms with Gasteiger partial charge in [0.15, 0.2) is 0 Å². The van der Waals surface area contributed by atoms with Crippen LogP contribution in [0.3, 0.4) is 0 Å². The van der Waals surface area contributed by atoms with Gasteiger partial charge < -0.3 is 10.1 Å². The number of benzene rings is 1. The average molecular weight is 299 g/mol. The van der Waals surface area contributed by atoms with Gasteiger partial charge in [0.05, 0.1) is 5.75 Å². The molecule has 1 aromatic carbocycles. The molecular weight excluding hydrogens is 274 g/mol. The lowest BCUT2D eigenvalue weighted by Gasteiger charge is -2.19. The van der Waals surface area contributed by atoms with Crippen molar-refractivity contribution in [3.63, 3.8) is 0 Å². The van der Waals surface area contributed by atoms with Crippen molar-refractivity contribution in [3.8, 4) is 5.75 Å². The molecule has 1 aromatic rings. The summed E-state index contributed by atoms with van der Waals surface area (Å²) in [5.74, 6) is 0.996. The normalized spacial score (nSPS) is 12.4. The number of rotatable bonds is 7. The lowest BCUT2D eigenvalue weighted by Crippen LogP contribution is -2.26. The minimum Gasteiger partial charge on any atom is -0.492 e. The van der Waals surface area contributed by atoms with Gasteiger partial charge in [-0.1, -0.05) is 32.9 Å². The third kappa shape index (κ3) is 6.91. The van der Waals surface area contributed by atoms with E-state index in [0.717, 1.165) is 5.75 Å². The molecule has 0 atom stereocenters. The fourth-order valence-electron chi connectivity index (χ4n) is 1.67. The quantitative estimate of drug-likeness (QED) is 0.782. The van der Waals surface area contributed by atoms with Gasteiger partial charge >= 0.3 is 0 Å². The number of hydrogen-bond donors (Lipinski definition) is 1. The van der Waals surface area contributed by atoms with Crippen LogP contribution in [0.1, 0.15) is 26.3 Å². The molecule has 0 bridgehead atoms. The van der Waals surface area contributed by atoms with Crippen LogP contribution in [0, 0.1) is 0 Å². The fraction of sp³-hybridized carbons (Fsp3) is 0.600. The molecule has 114 valence electrons. The van der Waals surface area contributed by atoms with Crippen LogP contribution in [0.15, 0.2) is 24.3 Å². The van der Waals surface area contributed by atoms with E-state index in [1.54, 1.807) is 0 Å². The zero-order valence-electron chi connectivity index (χ0n) is 12.8. The largest absolute Gasteiger partial charge is 0.492 e. The standard InChI is InChI=1S/C15H25NO3S/c1-15(2,3)13-5-7-14(8-6-13)19-11-9-16-10-12-20(4,17)18/h5-8,16H,9-12H2,1-4H3. The highest BCUT2D eigenvalue weighted by atomic mass is 32.2. The molecule has 0 saturated carbocycles.